The number of aryl methyl sites for hydroxylation is 1. The van der Waals surface area contributed by atoms with Crippen LogP contribution in [0.4, 0.5) is 17.6 Å². The van der Waals surface area contributed by atoms with Gasteiger partial charge in [0.2, 0.25) is 5.82 Å². The predicted molar refractivity (Wildman–Crippen MR) is 122 cm³/mol. The lowest BCUT2D eigenvalue weighted by molar-refractivity contribution is -0.153. The number of hydrogen-bond acceptors (Lipinski definition) is 8. The average Bonchev–Trinajstić information content (AvgIpc) is 3.26. The fraction of sp³-hybridized carbons (Fsp3) is 0.429. The smallest absolute Gasteiger partial charge is 0.422 e. The average molecular weight is 566 g/mol. The molecule has 0 aromatic carbocycles. The van der Waals surface area contributed by atoms with Crippen LogP contribution in [0, 0.1) is 12.7 Å². The number of alkyl halides is 3. The van der Waals surface area contributed by atoms with Gasteiger partial charge in [-0.05, 0) is 26.7 Å². The van der Waals surface area contributed by atoms with Crippen LogP contribution in [0.3, 0.4) is 0 Å². The van der Waals surface area contributed by atoms with Crippen molar-refractivity contribution in [2.75, 3.05) is 18.1 Å². The summed E-state index contributed by atoms with van der Waals surface area (Å²) >= 11 is 5.80. The molecule has 0 aliphatic carbocycles. The van der Waals surface area contributed by atoms with Crippen LogP contribution in [0.1, 0.15) is 36.1 Å². The van der Waals surface area contributed by atoms with E-state index in [1.807, 2.05) is 0 Å². The van der Waals surface area contributed by atoms with Crippen molar-refractivity contribution in [3.05, 3.63) is 40.7 Å². The topological polar surface area (TPSA) is 125 Å². The summed E-state index contributed by atoms with van der Waals surface area (Å²) in [7, 11) is -3.16. The van der Waals surface area contributed by atoms with Gasteiger partial charge in [0.1, 0.15) is 9.84 Å². The van der Waals surface area contributed by atoms with E-state index in [1.165, 1.54) is 6.92 Å². The van der Waals surface area contributed by atoms with E-state index >= 15 is 0 Å². The fourth-order valence-corrected chi connectivity index (χ4v) is 5.46. The lowest BCUT2D eigenvalue weighted by Crippen LogP contribution is -2.51. The maximum absolute atomic E-state index is 14.9. The summed E-state index contributed by atoms with van der Waals surface area (Å²) < 4.78 is 87.4. The summed E-state index contributed by atoms with van der Waals surface area (Å²) in [6.07, 6.45) is -3.13. The van der Waals surface area contributed by atoms with Gasteiger partial charge in [0.05, 0.1) is 22.2 Å². The first-order valence-corrected chi connectivity index (χ1v) is 13.0. The lowest BCUT2D eigenvalue weighted by atomic mass is 9.95. The maximum Gasteiger partial charge on any atom is 0.422 e. The van der Waals surface area contributed by atoms with Crippen LogP contribution < -0.4 is 14.8 Å². The monoisotopic (exact) mass is 565 g/mol. The van der Waals surface area contributed by atoms with Gasteiger partial charge in [-0.2, -0.15) is 18.2 Å². The van der Waals surface area contributed by atoms with Crippen LogP contribution in [-0.2, 0) is 9.84 Å². The molecule has 0 unspecified atom stereocenters. The van der Waals surface area contributed by atoms with Crippen LogP contribution in [-0.4, -0.2) is 63.7 Å². The molecule has 4 heterocycles. The minimum absolute atomic E-state index is 0.0147. The van der Waals surface area contributed by atoms with E-state index in [0.29, 0.717) is 0 Å². The van der Waals surface area contributed by atoms with Crippen molar-refractivity contribution in [2.45, 2.75) is 38.4 Å². The van der Waals surface area contributed by atoms with Gasteiger partial charge in [-0.3, -0.25) is 4.79 Å². The maximum atomic E-state index is 14.9. The van der Waals surface area contributed by atoms with E-state index in [1.54, 1.807) is 6.92 Å². The minimum Gasteiger partial charge on any atom is -0.478 e. The van der Waals surface area contributed by atoms with Crippen molar-refractivity contribution in [1.29, 1.82) is 0 Å². The molecule has 0 saturated carbocycles. The van der Waals surface area contributed by atoms with Crippen LogP contribution in [0.15, 0.2) is 18.3 Å². The molecule has 10 nitrogen and oxygen atoms in total. The number of nitrogens with one attached hydrogen (secondary N) is 1. The molecular formula is C21H20ClF4N5O5S. The number of sulfone groups is 1. The van der Waals surface area contributed by atoms with Crippen molar-refractivity contribution in [2.24, 2.45) is 0 Å². The van der Waals surface area contributed by atoms with Crippen LogP contribution in [0.2, 0.25) is 5.02 Å². The number of fused-ring (bicyclic) bond motifs is 1. The normalized spacial score (nSPS) is 16.9. The predicted octanol–water partition coefficient (Wildman–Crippen LogP) is 3.66. The lowest BCUT2D eigenvalue weighted by Gasteiger charge is -2.33. The van der Waals surface area contributed by atoms with Gasteiger partial charge in [-0.1, -0.05) is 11.6 Å². The Kier molecular flexibility index (Phi) is 6.96. The summed E-state index contributed by atoms with van der Waals surface area (Å²) in [5.41, 5.74) is -0.963. The molecule has 1 N–H and O–H groups in total. The third kappa shape index (κ3) is 6.21. The van der Waals surface area contributed by atoms with Crippen LogP contribution in [0.25, 0.3) is 5.65 Å². The number of carbonyl (C=O) groups excluding carboxylic acids is 1. The number of ether oxygens (including phenoxy) is 2. The van der Waals surface area contributed by atoms with Gasteiger partial charge in [0, 0.05) is 23.9 Å². The van der Waals surface area contributed by atoms with Crippen molar-refractivity contribution < 1.29 is 40.2 Å². The number of carbonyl (C=O) groups is 1. The molecule has 3 aromatic rings. The number of nitrogens with zero attached hydrogens (tertiary/aromatic N) is 4. The molecule has 1 aliphatic heterocycles. The Bertz CT molecular complexity index is 1460. The third-order valence-corrected chi connectivity index (χ3v) is 7.54. The van der Waals surface area contributed by atoms with E-state index in [-0.39, 0.29) is 52.3 Å². The zero-order valence-corrected chi connectivity index (χ0v) is 21.0. The molecule has 3 aromatic heterocycles. The highest BCUT2D eigenvalue weighted by atomic mass is 35.5. The summed E-state index contributed by atoms with van der Waals surface area (Å²) in [6, 6.07) is 1.98. The van der Waals surface area contributed by atoms with Gasteiger partial charge >= 0.3 is 6.18 Å². The molecule has 0 bridgehead atoms. The Labute approximate surface area is 212 Å². The second kappa shape index (κ2) is 9.59. The number of hydrogen-bond donors (Lipinski definition) is 1. The first-order valence-electron chi connectivity index (χ1n) is 10.8. The van der Waals surface area contributed by atoms with Crippen molar-refractivity contribution in [3.8, 4) is 17.4 Å². The Hall–Kier alpha value is -3.20. The molecule has 1 fully saturated rings. The van der Waals surface area contributed by atoms with Crippen molar-refractivity contribution >= 4 is 33.0 Å². The zero-order valence-electron chi connectivity index (χ0n) is 19.4. The quantitative estimate of drug-likeness (QED) is 0.449. The molecule has 4 rings (SSSR count). The number of rotatable bonds is 6. The fourth-order valence-electron chi connectivity index (χ4n) is 3.58. The number of aromatic nitrogens is 4. The van der Waals surface area contributed by atoms with Gasteiger partial charge < -0.3 is 14.8 Å². The molecular weight excluding hydrogens is 546 g/mol. The van der Waals surface area contributed by atoms with Gasteiger partial charge in [0.15, 0.2) is 29.6 Å². The molecule has 1 amide bonds. The highest BCUT2D eigenvalue weighted by Gasteiger charge is 2.35. The molecule has 1 aliphatic rings. The second-order valence-electron chi connectivity index (χ2n) is 8.74. The molecule has 16 heteroatoms. The summed E-state index contributed by atoms with van der Waals surface area (Å²) in [5, 5.41) is 6.74. The number of halogens is 5. The highest BCUT2D eigenvalue weighted by molar-refractivity contribution is 7.91. The Morgan fingerprint density at radius 3 is 2.57 bits per heavy atom. The summed E-state index contributed by atoms with van der Waals surface area (Å²) in [6.45, 7) is 1.52. The molecule has 0 atom stereocenters. The van der Waals surface area contributed by atoms with E-state index in [2.05, 4.69) is 20.4 Å². The molecule has 37 heavy (non-hydrogen) atoms. The van der Waals surface area contributed by atoms with Crippen molar-refractivity contribution in [1.82, 2.24) is 24.9 Å². The van der Waals surface area contributed by atoms with Gasteiger partial charge in [0.25, 0.3) is 11.8 Å². The number of amides is 1. The Morgan fingerprint density at radius 2 is 1.92 bits per heavy atom. The van der Waals surface area contributed by atoms with Gasteiger partial charge in [-0.15, -0.1) is 5.10 Å². The van der Waals surface area contributed by atoms with Gasteiger partial charge in [-0.25, -0.2) is 22.3 Å². The van der Waals surface area contributed by atoms with Crippen LogP contribution in [0.5, 0.6) is 17.4 Å². The SMILES string of the molecule is Cc1c(Oc2ncc(Cl)cc2OCC(F)(F)F)cc(F)c2nc(C(=O)NC3(C)CCS(=O)(=O)CC3)nn12. The molecule has 0 radical (unpaired) electrons. The summed E-state index contributed by atoms with van der Waals surface area (Å²) in [4.78, 5) is 20.6. The van der Waals surface area contributed by atoms with E-state index in [0.717, 1.165) is 22.8 Å². The van der Waals surface area contributed by atoms with Crippen molar-refractivity contribution in [3.63, 3.8) is 0 Å². The minimum atomic E-state index is -4.64. The first-order chi connectivity index (χ1) is 17.1. The molecule has 1 saturated heterocycles. The zero-order chi connectivity index (χ0) is 27.2. The molecule has 200 valence electrons. The molecule has 0 spiro atoms. The highest BCUT2D eigenvalue weighted by Crippen LogP contribution is 2.35. The first kappa shape index (κ1) is 26.9. The van der Waals surface area contributed by atoms with E-state index in [4.69, 9.17) is 21.1 Å². The number of pyridine rings is 2. The second-order valence-corrected chi connectivity index (χ2v) is 11.5. The van der Waals surface area contributed by atoms with Crippen LogP contribution >= 0.6 is 11.6 Å². The largest absolute Gasteiger partial charge is 0.478 e. The third-order valence-electron chi connectivity index (χ3n) is 5.68. The Morgan fingerprint density at radius 1 is 1.24 bits per heavy atom. The Balaban J connectivity index is 1.60. The summed E-state index contributed by atoms with van der Waals surface area (Å²) in [5.74, 6) is -3.21. The standard InChI is InChI=1S/C21H20ClF4N5O5S/c1-11-14(36-19-15(7-12(22)9-27-19)35-10-21(24,25)26)8-13(23)17-28-16(30-31(11)17)18(32)29-20(2)3-5-37(33,34)6-4-20/h7-9H,3-6,10H2,1-2H3,(H,29,32). The van der Waals surface area contributed by atoms with E-state index in [9.17, 15) is 30.8 Å². The van der Waals surface area contributed by atoms with E-state index < -0.39 is 51.5 Å².